The van der Waals surface area contributed by atoms with Gasteiger partial charge in [-0.05, 0) is 6.07 Å². The molecule has 17 heavy (non-hydrogen) atoms. The minimum atomic E-state index is -4.67. The Morgan fingerprint density at radius 1 is 1.29 bits per heavy atom. The molecular formula is C8H3ClF5N3. The van der Waals surface area contributed by atoms with E-state index in [0.717, 1.165) is 10.7 Å². The lowest BCUT2D eigenvalue weighted by Gasteiger charge is -2.08. The number of nitrogens with zero attached hydrogens (tertiary/aromatic N) is 3. The van der Waals surface area contributed by atoms with E-state index in [0.29, 0.717) is 6.07 Å². The Balaban J connectivity index is 2.67. The molecule has 0 atom stereocenters. The summed E-state index contributed by atoms with van der Waals surface area (Å²) in [5, 5.41) is 2.55. The molecule has 0 aliphatic carbocycles. The maximum atomic E-state index is 12.5. The minimum Gasteiger partial charge on any atom is -0.219 e. The van der Waals surface area contributed by atoms with E-state index in [-0.39, 0.29) is 0 Å². The van der Waals surface area contributed by atoms with Gasteiger partial charge < -0.3 is 0 Å². The molecule has 3 nitrogen and oxygen atoms in total. The lowest BCUT2D eigenvalue weighted by atomic mass is 10.2. The maximum Gasteiger partial charge on any atom is 0.418 e. The van der Waals surface area contributed by atoms with Gasteiger partial charge in [-0.25, -0.2) is 18.3 Å². The third-order valence-electron chi connectivity index (χ3n) is 1.96. The van der Waals surface area contributed by atoms with Gasteiger partial charge in [0, 0.05) is 6.20 Å². The standard InChI is InChI=1S/C8H3ClF5N3/c9-4-3(8(12,13)14)1-2-17-7(4)15-6(16-17)5(10)11/h1-2,5H. The summed E-state index contributed by atoms with van der Waals surface area (Å²) < 4.78 is 62.7. The van der Waals surface area contributed by atoms with Crippen LogP contribution in [0.5, 0.6) is 0 Å². The van der Waals surface area contributed by atoms with Crippen molar-refractivity contribution in [3.8, 4) is 0 Å². The van der Waals surface area contributed by atoms with Crippen LogP contribution in [0, 0.1) is 0 Å². The van der Waals surface area contributed by atoms with Crippen LogP contribution in [0.25, 0.3) is 5.65 Å². The molecule has 0 amide bonds. The Hall–Kier alpha value is -1.44. The molecule has 0 N–H and O–H groups in total. The van der Waals surface area contributed by atoms with Gasteiger partial charge in [-0.3, -0.25) is 0 Å². The van der Waals surface area contributed by atoms with E-state index in [1.807, 2.05) is 0 Å². The molecule has 0 fully saturated rings. The molecule has 2 heterocycles. The van der Waals surface area contributed by atoms with E-state index >= 15 is 0 Å². The fourth-order valence-corrected chi connectivity index (χ4v) is 1.54. The Bertz CT molecular complexity index is 562. The molecule has 0 saturated heterocycles. The Labute approximate surface area is 95.8 Å². The van der Waals surface area contributed by atoms with E-state index in [1.165, 1.54) is 0 Å². The van der Waals surface area contributed by atoms with Gasteiger partial charge in [0.1, 0.15) is 0 Å². The van der Waals surface area contributed by atoms with Crippen LogP contribution in [0.3, 0.4) is 0 Å². The highest BCUT2D eigenvalue weighted by molar-refractivity contribution is 6.34. The molecule has 2 rings (SSSR count). The first-order valence-electron chi connectivity index (χ1n) is 4.21. The molecule has 9 heteroatoms. The van der Waals surface area contributed by atoms with Crippen molar-refractivity contribution in [2.45, 2.75) is 12.6 Å². The number of aromatic nitrogens is 3. The van der Waals surface area contributed by atoms with Crippen LogP contribution in [-0.2, 0) is 6.18 Å². The topological polar surface area (TPSA) is 30.2 Å². The first kappa shape index (κ1) is 12.0. The zero-order valence-electron chi connectivity index (χ0n) is 7.84. The second-order valence-electron chi connectivity index (χ2n) is 3.08. The van der Waals surface area contributed by atoms with Crippen LogP contribution in [0.2, 0.25) is 5.02 Å². The van der Waals surface area contributed by atoms with Gasteiger partial charge in [0.2, 0.25) is 5.82 Å². The Morgan fingerprint density at radius 2 is 1.94 bits per heavy atom. The van der Waals surface area contributed by atoms with Crippen LogP contribution in [-0.4, -0.2) is 14.6 Å². The highest BCUT2D eigenvalue weighted by atomic mass is 35.5. The maximum absolute atomic E-state index is 12.5. The van der Waals surface area contributed by atoms with Crippen molar-refractivity contribution < 1.29 is 22.0 Å². The number of hydrogen-bond donors (Lipinski definition) is 0. The molecule has 0 aliphatic heterocycles. The van der Waals surface area contributed by atoms with Gasteiger partial charge in [-0.2, -0.15) is 13.2 Å². The quantitative estimate of drug-likeness (QED) is 0.745. The average molecular weight is 272 g/mol. The largest absolute Gasteiger partial charge is 0.418 e. The second kappa shape index (κ2) is 3.80. The third kappa shape index (κ3) is 2.04. The van der Waals surface area contributed by atoms with Gasteiger partial charge in [0.25, 0.3) is 6.43 Å². The Morgan fingerprint density at radius 3 is 2.47 bits per heavy atom. The van der Waals surface area contributed by atoms with E-state index < -0.39 is 34.7 Å². The highest BCUT2D eigenvalue weighted by Crippen LogP contribution is 2.36. The van der Waals surface area contributed by atoms with Crippen LogP contribution in [0.15, 0.2) is 12.3 Å². The summed E-state index contributed by atoms with van der Waals surface area (Å²) in [6, 6.07) is 0.652. The first-order chi connectivity index (χ1) is 7.80. The molecule has 0 aromatic carbocycles. The summed E-state index contributed by atoms with van der Waals surface area (Å²) in [5.41, 5.74) is -1.59. The van der Waals surface area contributed by atoms with E-state index in [1.54, 1.807) is 0 Å². The van der Waals surface area contributed by atoms with E-state index in [9.17, 15) is 22.0 Å². The van der Waals surface area contributed by atoms with Crippen LogP contribution < -0.4 is 0 Å². The molecule has 0 aliphatic rings. The normalized spacial score (nSPS) is 12.6. The van der Waals surface area contributed by atoms with E-state index in [4.69, 9.17) is 11.6 Å². The molecule has 0 saturated carbocycles. The molecular weight excluding hydrogens is 269 g/mol. The molecule has 0 spiro atoms. The summed E-state index contributed by atoms with van der Waals surface area (Å²) in [6.07, 6.45) is -6.76. The van der Waals surface area contributed by atoms with Gasteiger partial charge in [0.15, 0.2) is 5.65 Å². The van der Waals surface area contributed by atoms with Gasteiger partial charge in [-0.1, -0.05) is 11.6 Å². The fourth-order valence-electron chi connectivity index (χ4n) is 1.24. The predicted octanol–water partition coefficient (Wildman–Crippen LogP) is 3.34. The second-order valence-corrected chi connectivity index (χ2v) is 3.46. The van der Waals surface area contributed by atoms with E-state index in [2.05, 4.69) is 10.1 Å². The predicted molar refractivity (Wildman–Crippen MR) is 48.0 cm³/mol. The Kier molecular flexibility index (Phi) is 2.69. The SMILES string of the molecule is FC(F)c1nc2c(Cl)c(C(F)(F)F)ccn2n1. The van der Waals surface area contributed by atoms with Crippen LogP contribution >= 0.6 is 11.6 Å². The van der Waals surface area contributed by atoms with Crippen LogP contribution in [0.4, 0.5) is 22.0 Å². The molecule has 0 unspecified atom stereocenters. The van der Waals surface area contributed by atoms with Crippen molar-refractivity contribution in [2.75, 3.05) is 0 Å². The lowest BCUT2D eigenvalue weighted by molar-refractivity contribution is -0.137. The molecule has 92 valence electrons. The molecule has 0 bridgehead atoms. The van der Waals surface area contributed by atoms with Gasteiger partial charge in [-0.15, -0.1) is 5.10 Å². The average Bonchev–Trinajstić information content (AvgIpc) is 2.60. The summed E-state index contributed by atoms with van der Waals surface area (Å²) >= 11 is 5.46. The van der Waals surface area contributed by atoms with Crippen LogP contribution in [0.1, 0.15) is 17.8 Å². The van der Waals surface area contributed by atoms with Crippen molar-refractivity contribution in [1.29, 1.82) is 0 Å². The minimum absolute atomic E-state index is 0.447. The lowest BCUT2D eigenvalue weighted by Crippen LogP contribution is -2.07. The fraction of sp³-hybridized carbons (Fsp3) is 0.250. The first-order valence-corrected chi connectivity index (χ1v) is 4.58. The summed E-state index contributed by atoms with van der Waals surface area (Å²) in [5.74, 6) is -0.869. The molecule has 2 aromatic rings. The van der Waals surface area contributed by atoms with Gasteiger partial charge >= 0.3 is 6.18 Å². The molecule has 0 radical (unpaired) electrons. The highest BCUT2D eigenvalue weighted by Gasteiger charge is 2.34. The van der Waals surface area contributed by atoms with Crippen molar-refractivity contribution >= 4 is 17.2 Å². The smallest absolute Gasteiger partial charge is 0.219 e. The summed E-state index contributed by atoms with van der Waals surface area (Å²) in [7, 11) is 0. The van der Waals surface area contributed by atoms with Crippen molar-refractivity contribution in [2.24, 2.45) is 0 Å². The number of pyridine rings is 1. The number of halogens is 6. The number of alkyl halides is 5. The zero-order chi connectivity index (χ0) is 12.8. The summed E-state index contributed by atoms with van der Waals surface area (Å²) in [6.45, 7) is 0. The zero-order valence-corrected chi connectivity index (χ0v) is 8.60. The summed E-state index contributed by atoms with van der Waals surface area (Å²) in [4.78, 5) is 3.26. The van der Waals surface area contributed by atoms with Crippen molar-refractivity contribution in [3.05, 3.63) is 28.7 Å². The van der Waals surface area contributed by atoms with Gasteiger partial charge in [0.05, 0.1) is 10.6 Å². The number of fused-ring (bicyclic) bond motifs is 1. The molecule has 2 aromatic heterocycles. The number of rotatable bonds is 1. The third-order valence-corrected chi connectivity index (χ3v) is 2.34. The van der Waals surface area contributed by atoms with Crippen molar-refractivity contribution in [1.82, 2.24) is 14.6 Å². The monoisotopic (exact) mass is 271 g/mol. The van der Waals surface area contributed by atoms with Crippen molar-refractivity contribution in [3.63, 3.8) is 0 Å². The number of hydrogen-bond acceptors (Lipinski definition) is 2.